The molecule has 3 saturated carbocycles. The molecule has 7 atom stereocenters. The van der Waals surface area contributed by atoms with Gasteiger partial charge in [-0.05, 0) is 69.2 Å². The van der Waals surface area contributed by atoms with E-state index < -0.39 is 35.5 Å². The molecule has 0 radical (unpaired) electrons. The van der Waals surface area contributed by atoms with Crippen LogP contribution >= 0.6 is 12.4 Å². The van der Waals surface area contributed by atoms with Gasteiger partial charge in [-0.3, -0.25) is 19.3 Å². The Morgan fingerprint density at radius 3 is 2.54 bits per heavy atom. The first kappa shape index (κ1) is 28.0. The second kappa shape index (κ2) is 10.1. The van der Waals surface area contributed by atoms with Crippen molar-refractivity contribution >= 4 is 29.9 Å². The predicted octanol–water partition coefficient (Wildman–Crippen LogP) is 2.87. The first-order valence-electron chi connectivity index (χ1n) is 12.8. The van der Waals surface area contributed by atoms with Crippen molar-refractivity contribution in [1.29, 1.82) is 0 Å². The van der Waals surface area contributed by atoms with Crippen LogP contribution in [0.4, 0.5) is 0 Å². The number of hydrogen-bond acceptors (Lipinski definition) is 7. The molecule has 0 bridgehead atoms. The number of hydrogen-bond donors (Lipinski definition) is 2. The molecule has 196 valence electrons. The summed E-state index contributed by atoms with van der Waals surface area (Å²) in [5.41, 5.74) is -1.73. The molecule has 4 aliphatic carbocycles. The number of ketones is 2. The van der Waals surface area contributed by atoms with Crippen molar-refractivity contribution < 1.29 is 29.3 Å². The van der Waals surface area contributed by atoms with E-state index in [2.05, 4.69) is 6.92 Å². The standard InChI is InChI=1S/C27H39NO6.ClH/c1-5-28(6-2)15-23(32)34-16-22(31)27(33)12-10-20-19-8-7-17-13-18(29)9-11-25(17,3)24(19)21(30)14-26(20,27)4;/h9,11,13,19-21,24,30,33H,5-8,10,12,14-16H2,1-4H3;1H/t19-,20-,21-,24+,25-,26-,27-;/m0./s1. The fourth-order valence-corrected chi connectivity index (χ4v) is 7.73. The minimum atomic E-state index is -1.63. The molecule has 4 aliphatic rings. The predicted molar refractivity (Wildman–Crippen MR) is 134 cm³/mol. The number of fused-ring (bicyclic) bond motifs is 5. The molecule has 4 rings (SSSR count). The van der Waals surface area contributed by atoms with Crippen molar-refractivity contribution in [3.8, 4) is 0 Å². The van der Waals surface area contributed by atoms with E-state index in [4.69, 9.17) is 4.74 Å². The zero-order chi connectivity index (χ0) is 24.9. The number of nitrogens with zero attached hydrogens (tertiary/aromatic N) is 1. The van der Waals surface area contributed by atoms with Crippen LogP contribution in [0.15, 0.2) is 23.8 Å². The molecule has 0 heterocycles. The van der Waals surface area contributed by atoms with Gasteiger partial charge < -0.3 is 14.9 Å². The number of carbonyl (C=O) groups excluding carboxylic acids is 3. The van der Waals surface area contributed by atoms with Gasteiger partial charge in [0.1, 0.15) is 5.60 Å². The zero-order valence-corrected chi connectivity index (χ0v) is 22.1. The molecule has 0 aromatic rings. The summed E-state index contributed by atoms with van der Waals surface area (Å²) in [4.78, 5) is 39.4. The minimum Gasteiger partial charge on any atom is -0.457 e. The molecular weight excluding hydrogens is 470 g/mol. The maximum Gasteiger partial charge on any atom is 0.320 e. The number of ether oxygens (including phenoxy) is 1. The van der Waals surface area contributed by atoms with E-state index >= 15 is 0 Å². The molecule has 2 N–H and O–H groups in total. The fraction of sp³-hybridized carbons (Fsp3) is 0.741. The number of allylic oxidation sites excluding steroid dienone is 4. The summed E-state index contributed by atoms with van der Waals surface area (Å²) in [6.45, 7) is 9.03. The monoisotopic (exact) mass is 509 g/mol. The maximum atomic E-state index is 13.3. The first-order chi connectivity index (χ1) is 16.0. The van der Waals surface area contributed by atoms with E-state index in [1.165, 1.54) is 0 Å². The van der Waals surface area contributed by atoms with Crippen LogP contribution in [0.2, 0.25) is 0 Å². The van der Waals surface area contributed by atoms with Crippen LogP contribution in [0.3, 0.4) is 0 Å². The van der Waals surface area contributed by atoms with Crippen molar-refractivity contribution in [2.75, 3.05) is 26.2 Å². The Kier molecular flexibility index (Phi) is 8.07. The number of Topliss-reactive ketones (excluding diaryl/α,β-unsaturated/α-hetero) is 1. The van der Waals surface area contributed by atoms with Gasteiger partial charge in [-0.1, -0.05) is 39.3 Å². The highest BCUT2D eigenvalue weighted by atomic mass is 35.5. The smallest absolute Gasteiger partial charge is 0.320 e. The highest BCUT2D eigenvalue weighted by Gasteiger charge is 2.68. The second-order valence-electron chi connectivity index (χ2n) is 11.2. The van der Waals surface area contributed by atoms with Crippen molar-refractivity contribution in [3.05, 3.63) is 23.8 Å². The van der Waals surface area contributed by atoms with Crippen LogP contribution < -0.4 is 0 Å². The molecule has 35 heavy (non-hydrogen) atoms. The molecule has 8 heteroatoms. The summed E-state index contributed by atoms with van der Waals surface area (Å²) in [5, 5.41) is 23.1. The molecule has 0 aromatic heterocycles. The first-order valence-corrected chi connectivity index (χ1v) is 12.8. The Hall–Kier alpha value is -1.54. The van der Waals surface area contributed by atoms with Gasteiger partial charge in [0.05, 0.1) is 12.6 Å². The van der Waals surface area contributed by atoms with Crippen molar-refractivity contribution in [2.24, 2.45) is 28.6 Å². The quantitative estimate of drug-likeness (QED) is 0.508. The van der Waals surface area contributed by atoms with Gasteiger partial charge in [0.2, 0.25) is 5.78 Å². The molecule has 7 nitrogen and oxygen atoms in total. The van der Waals surface area contributed by atoms with Gasteiger partial charge in [-0.2, -0.15) is 0 Å². The average Bonchev–Trinajstić information content (AvgIpc) is 3.07. The van der Waals surface area contributed by atoms with Crippen LogP contribution in [0.1, 0.15) is 59.8 Å². The number of halogens is 1. The van der Waals surface area contributed by atoms with Gasteiger partial charge in [0.15, 0.2) is 12.4 Å². The Labute approximate surface area is 214 Å². The number of rotatable bonds is 7. The summed E-state index contributed by atoms with van der Waals surface area (Å²) < 4.78 is 5.27. The van der Waals surface area contributed by atoms with Gasteiger partial charge >= 0.3 is 5.97 Å². The molecule has 0 aliphatic heterocycles. The topological polar surface area (TPSA) is 104 Å². The van der Waals surface area contributed by atoms with Crippen molar-refractivity contribution in [3.63, 3.8) is 0 Å². The number of esters is 1. The highest BCUT2D eigenvalue weighted by molar-refractivity contribution is 6.01. The molecular formula is C27H40ClNO6. The normalized spacial score (nSPS) is 39.7. The van der Waals surface area contributed by atoms with Crippen LogP contribution in [0, 0.1) is 28.6 Å². The van der Waals surface area contributed by atoms with Gasteiger partial charge in [0, 0.05) is 16.7 Å². The van der Waals surface area contributed by atoms with E-state index in [-0.39, 0.29) is 47.9 Å². The van der Waals surface area contributed by atoms with Crippen LogP contribution in [-0.4, -0.2) is 70.6 Å². The molecule has 0 unspecified atom stereocenters. The Bertz CT molecular complexity index is 929. The largest absolute Gasteiger partial charge is 0.457 e. The van der Waals surface area contributed by atoms with Crippen molar-refractivity contribution in [1.82, 2.24) is 4.90 Å². The fourth-order valence-electron chi connectivity index (χ4n) is 7.73. The molecule has 0 saturated heterocycles. The van der Waals surface area contributed by atoms with Gasteiger partial charge in [0.25, 0.3) is 0 Å². The van der Waals surface area contributed by atoms with Crippen LogP contribution in [0.5, 0.6) is 0 Å². The number of likely N-dealkylation sites (N-methyl/N-ethyl adjacent to an activating group) is 1. The summed E-state index contributed by atoms with van der Waals surface area (Å²) in [5.74, 6) is -0.785. The Balaban J connectivity index is 0.00000342. The highest BCUT2D eigenvalue weighted by Crippen LogP contribution is 2.67. The van der Waals surface area contributed by atoms with E-state index in [1.54, 1.807) is 12.2 Å². The summed E-state index contributed by atoms with van der Waals surface area (Å²) in [6, 6.07) is 0. The van der Waals surface area contributed by atoms with E-state index in [0.29, 0.717) is 32.4 Å². The van der Waals surface area contributed by atoms with Crippen LogP contribution in [0.25, 0.3) is 0 Å². The third-order valence-electron chi connectivity index (χ3n) is 9.72. The number of aliphatic hydroxyl groups excluding tert-OH is 1. The lowest BCUT2D eigenvalue weighted by molar-refractivity contribution is -0.181. The molecule has 0 aromatic carbocycles. The maximum absolute atomic E-state index is 13.3. The lowest BCUT2D eigenvalue weighted by Gasteiger charge is -2.59. The Morgan fingerprint density at radius 1 is 1.20 bits per heavy atom. The van der Waals surface area contributed by atoms with Gasteiger partial charge in [-0.15, -0.1) is 12.4 Å². The summed E-state index contributed by atoms with van der Waals surface area (Å²) in [6.07, 6.45) is 7.48. The van der Waals surface area contributed by atoms with E-state index in [9.17, 15) is 24.6 Å². The number of carbonyl (C=O) groups is 3. The number of aliphatic hydroxyl groups is 2. The Morgan fingerprint density at radius 2 is 1.89 bits per heavy atom. The summed E-state index contributed by atoms with van der Waals surface area (Å²) >= 11 is 0. The molecule has 0 spiro atoms. The third kappa shape index (κ3) is 4.43. The zero-order valence-electron chi connectivity index (χ0n) is 21.3. The van der Waals surface area contributed by atoms with Crippen LogP contribution in [-0.2, 0) is 19.1 Å². The van der Waals surface area contributed by atoms with Gasteiger partial charge in [-0.25, -0.2) is 0 Å². The lowest BCUT2D eigenvalue weighted by atomic mass is 9.46. The molecule has 0 amide bonds. The van der Waals surface area contributed by atoms with E-state index in [0.717, 1.165) is 18.4 Å². The SMILES string of the molecule is CCN(CC)CC(=O)OCC(=O)[C@@]1(O)CC[C@H]2[C@@H]3CCC4=CC(=O)C=C[C@]4(C)[C@H]3[C@@H](O)C[C@@]21C.Cl. The average molecular weight is 510 g/mol. The second-order valence-corrected chi connectivity index (χ2v) is 11.2. The third-order valence-corrected chi connectivity index (χ3v) is 9.72. The summed E-state index contributed by atoms with van der Waals surface area (Å²) in [7, 11) is 0. The van der Waals surface area contributed by atoms with E-state index in [1.807, 2.05) is 31.7 Å². The lowest BCUT2D eigenvalue weighted by Crippen LogP contribution is -2.61. The minimum absolute atomic E-state index is 0. The molecule has 3 fully saturated rings. The van der Waals surface area contributed by atoms with Crippen molar-refractivity contribution in [2.45, 2.75) is 71.5 Å².